The van der Waals surface area contributed by atoms with Crippen molar-refractivity contribution in [1.29, 1.82) is 0 Å². The lowest BCUT2D eigenvalue weighted by Crippen LogP contribution is -3.00. The van der Waals surface area contributed by atoms with Gasteiger partial charge < -0.3 is 29.0 Å². The second-order valence-electron chi connectivity index (χ2n) is 6.82. The Morgan fingerprint density at radius 1 is 0.733 bits per heavy atom. The number of H-pyrrole nitrogens is 1. The minimum Gasteiger partial charge on any atom is -1.00 e. The van der Waals surface area contributed by atoms with E-state index in [0.717, 1.165) is 27.6 Å². The molecule has 0 unspecified atom stereocenters. The number of halogens is 3. The molecule has 30 heavy (non-hydrogen) atoms. The second kappa shape index (κ2) is 9.31. The van der Waals surface area contributed by atoms with Crippen LogP contribution in [0.4, 0.5) is 0 Å². The summed E-state index contributed by atoms with van der Waals surface area (Å²) in [5.74, 6) is 0. The summed E-state index contributed by atoms with van der Waals surface area (Å²) in [4.78, 5) is 8.56. The van der Waals surface area contributed by atoms with Crippen LogP contribution in [0.15, 0.2) is 91.1 Å². The predicted molar refractivity (Wildman–Crippen MR) is 138 cm³/mol. The van der Waals surface area contributed by atoms with Gasteiger partial charge in [0.1, 0.15) is 5.39 Å². The molecule has 0 saturated carbocycles. The molecule has 0 amide bonds. The zero-order valence-electron chi connectivity index (χ0n) is 15.7. The van der Waals surface area contributed by atoms with Gasteiger partial charge in [-0.1, -0.05) is 66.7 Å². The van der Waals surface area contributed by atoms with Crippen molar-refractivity contribution in [3.05, 3.63) is 91.1 Å². The summed E-state index contributed by atoms with van der Waals surface area (Å²) >= 11 is 4.24. The minimum atomic E-state index is 0. The minimum absolute atomic E-state index is 0. The van der Waals surface area contributed by atoms with Gasteiger partial charge in [0.2, 0.25) is 0 Å². The first-order chi connectivity index (χ1) is 14.4. The van der Waals surface area contributed by atoms with Gasteiger partial charge in [0.05, 0.1) is 11.6 Å². The number of para-hydroxylation sites is 1. The van der Waals surface area contributed by atoms with Crippen molar-refractivity contribution in [2.75, 3.05) is 0 Å². The van der Waals surface area contributed by atoms with Crippen LogP contribution < -0.4 is 28.4 Å². The van der Waals surface area contributed by atoms with Crippen LogP contribution in [-0.4, -0.2) is 9.97 Å². The lowest BCUT2D eigenvalue weighted by Gasteiger charge is -2.06. The Morgan fingerprint density at radius 2 is 1.40 bits per heavy atom. The summed E-state index contributed by atoms with van der Waals surface area (Å²) in [6, 6.07) is 29.5. The standard InChI is InChI=1S/C24H15N3.I2.HI/c1-2-9-17(10-3-1)22-21-19-12-6-7-13-20(19)25-23(21)26-24-18-11-5-4-8-16(18)14-15-27(22)24;1-2;/h1-15H;;1H. The van der Waals surface area contributed by atoms with Gasteiger partial charge in [0.25, 0.3) is 5.65 Å². The summed E-state index contributed by atoms with van der Waals surface area (Å²) < 4.78 is 2.22. The van der Waals surface area contributed by atoms with E-state index >= 15 is 0 Å². The van der Waals surface area contributed by atoms with Crippen LogP contribution in [0.2, 0.25) is 0 Å². The van der Waals surface area contributed by atoms with Crippen LogP contribution in [0.3, 0.4) is 0 Å². The smallest absolute Gasteiger partial charge is 0.338 e. The van der Waals surface area contributed by atoms with Gasteiger partial charge in [0.15, 0.2) is 5.69 Å². The van der Waals surface area contributed by atoms with E-state index in [-0.39, 0.29) is 24.0 Å². The lowest BCUT2D eigenvalue weighted by molar-refractivity contribution is -0.499. The number of pyridine rings is 1. The molecule has 0 aliphatic heterocycles. The maximum Gasteiger partial charge on any atom is 0.338 e. The number of nitrogens with zero attached hydrogens (tertiary/aromatic N) is 2. The Bertz CT molecular complexity index is 1480. The summed E-state index contributed by atoms with van der Waals surface area (Å²) in [5, 5.41) is 4.70. The van der Waals surface area contributed by atoms with E-state index in [1.165, 1.54) is 22.0 Å². The topological polar surface area (TPSA) is 32.8 Å². The SMILES string of the molecule is II.[I-].c1ccc(-c2c3c(nc4c5ccccc5cc[n+]24)[nH]c2ccccc23)cc1. The Labute approximate surface area is 214 Å². The molecule has 148 valence electrons. The number of aromatic nitrogens is 3. The zero-order valence-corrected chi connectivity index (χ0v) is 22.2. The first kappa shape index (κ1) is 21.7. The summed E-state index contributed by atoms with van der Waals surface area (Å²) in [7, 11) is 0. The highest BCUT2D eigenvalue weighted by atomic mass is 128. The number of rotatable bonds is 1. The molecule has 3 nitrogen and oxygen atoms in total. The van der Waals surface area contributed by atoms with E-state index in [1.54, 1.807) is 0 Å². The van der Waals surface area contributed by atoms with Gasteiger partial charge >= 0.3 is 5.65 Å². The Morgan fingerprint density at radius 3 is 2.20 bits per heavy atom. The monoisotopic (exact) mass is 727 g/mol. The molecule has 0 radical (unpaired) electrons. The van der Waals surface area contributed by atoms with Crippen molar-refractivity contribution in [3.8, 4) is 11.3 Å². The van der Waals surface area contributed by atoms with E-state index in [9.17, 15) is 0 Å². The van der Waals surface area contributed by atoms with Crippen molar-refractivity contribution in [2.24, 2.45) is 0 Å². The average Bonchev–Trinajstić information content (AvgIpc) is 3.17. The Kier molecular flexibility index (Phi) is 6.73. The molecule has 6 aromatic rings. The fraction of sp³-hybridized carbons (Fsp3) is 0. The molecule has 6 rings (SSSR count). The molecule has 3 aromatic heterocycles. The highest BCUT2D eigenvalue weighted by Crippen LogP contribution is 2.32. The van der Waals surface area contributed by atoms with E-state index < -0.39 is 0 Å². The van der Waals surface area contributed by atoms with Crippen molar-refractivity contribution in [2.45, 2.75) is 0 Å². The molecule has 3 aromatic carbocycles. The molecular weight excluding hydrogens is 711 g/mol. The van der Waals surface area contributed by atoms with Crippen LogP contribution >= 0.6 is 37.2 Å². The summed E-state index contributed by atoms with van der Waals surface area (Å²) in [6.07, 6.45) is 2.13. The van der Waals surface area contributed by atoms with Gasteiger partial charge in [-0.3, -0.25) is 0 Å². The molecule has 0 bridgehead atoms. The van der Waals surface area contributed by atoms with Gasteiger partial charge in [-0.05, 0) is 28.6 Å². The quantitative estimate of drug-likeness (QED) is 0.155. The molecule has 6 heteroatoms. The highest BCUT2D eigenvalue weighted by molar-refractivity contribution is 15.0. The lowest BCUT2D eigenvalue weighted by atomic mass is 10.0. The van der Waals surface area contributed by atoms with Crippen LogP contribution in [0.25, 0.3) is 49.6 Å². The Balaban J connectivity index is 0.000000706. The Hall–Kier alpha value is -1.53. The normalized spacial score (nSPS) is 10.7. The second-order valence-corrected chi connectivity index (χ2v) is 6.82. The fourth-order valence-corrected chi connectivity index (χ4v) is 4.05. The van der Waals surface area contributed by atoms with Crippen LogP contribution in [0, 0.1) is 0 Å². The van der Waals surface area contributed by atoms with Crippen LogP contribution in [0.5, 0.6) is 0 Å². The predicted octanol–water partition coefficient (Wildman–Crippen LogP) is 4.05. The van der Waals surface area contributed by atoms with Crippen molar-refractivity contribution < 1.29 is 28.4 Å². The number of fused-ring (bicyclic) bond motifs is 6. The number of hydrogen-bond donors (Lipinski definition) is 1. The van der Waals surface area contributed by atoms with Crippen LogP contribution in [-0.2, 0) is 0 Å². The van der Waals surface area contributed by atoms with Gasteiger partial charge in [0, 0.05) is 53.7 Å². The molecule has 1 N–H and O–H groups in total. The molecular formula is C24H16I3N3. The van der Waals surface area contributed by atoms with Crippen molar-refractivity contribution in [1.82, 2.24) is 9.97 Å². The van der Waals surface area contributed by atoms with Crippen LogP contribution in [0.1, 0.15) is 0 Å². The zero-order chi connectivity index (χ0) is 19.8. The highest BCUT2D eigenvalue weighted by Gasteiger charge is 2.23. The number of hydrogen-bond acceptors (Lipinski definition) is 1. The van der Waals surface area contributed by atoms with E-state index in [0.29, 0.717) is 0 Å². The molecule has 0 saturated heterocycles. The molecule has 0 aliphatic carbocycles. The largest absolute Gasteiger partial charge is 1.00 e. The average molecular weight is 727 g/mol. The molecule has 3 heterocycles. The maximum absolute atomic E-state index is 5.04. The summed E-state index contributed by atoms with van der Waals surface area (Å²) in [5.41, 5.74) is 5.34. The molecule has 0 spiro atoms. The third kappa shape index (κ3) is 3.56. The van der Waals surface area contributed by atoms with Crippen molar-refractivity contribution >= 4 is 75.6 Å². The molecule has 0 fully saturated rings. The van der Waals surface area contributed by atoms with Gasteiger partial charge in [-0.15, -0.1) is 0 Å². The van der Waals surface area contributed by atoms with Crippen molar-refractivity contribution in [3.63, 3.8) is 0 Å². The third-order valence-corrected chi connectivity index (χ3v) is 5.26. The fourth-order valence-electron chi connectivity index (χ4n) is 4.05. The maximum atomic E-state index is 5.04. The van der Waals surface area contributed by atoms with Gasteiger partial charge in [-0.2, -0.15) is 4.40 Å². The van der Waals surface area contributed by atoms with E-state index in [1.807, 2.05) is 0 Å². The first-order valence-corrected chi connectivity index (χ1v) is 15.5. The van der Waals surface area contributed by atoms with E-state index in [4.69, 9.17) is 4.98 Å². The third-order valence-electron chi connectivity index (χ3n) is 5.26. The van der Waals surface area contributed by atoms with E-state index in [2.05, 4.69) is 138 Å². The number of nitrogens with one attached hydrogen (secondary N) is 1. The number of benzene rings is 3. The number of aromatic amines is 1. The molecule has 0 atom stereocenters. The molecule has 0 aliphatic rings. The summed E-state index contributed by atoms with van der Waals surface area (Å²) in [6.45, 7) is 0. The first-order valence-electron chi connectivity index (χ1n) is 9.23. The van der Waals surface area contributed by atoms with Gasteiger partial charge in [-0.25, -0.2) is 0 Å².